The van der Waals surface area contributed by atoms with Crippen molar-refractivity contribution in [1.82, 2.24) is 33.5 Å². The number of nitrogens with zero attached hydrogens (tertiary/aromatic N) is 7. The van der Waals surface area contributed by atoms with Gasteiger partial charge in [-0.2, -0.15) is 10.1 Å². The molecule has 5 rings (SSSR count). The van der Waals surface area contributed by atoms with Crippen molar-refractivity contribution in [3.05, 3.63) is 53.8 Å². The zero-order chi connectivity index (χ0) is 18.4. The maximum Gasteiger partial charge on any atom is 0.241 e. The maximum absolute atomic E-state index is 5.42. The topological polar surface area (TPSA) is 83.0 Å². The first-order valence-corrected chi connectivity index (χ1v) is 9.16. The highest BCUT2D eigenvalue weighted by molar-refractivity contribution is 7.03. The average Bonchev–Trinajstić information content (AvgIpc) is 3.41. The van der Waals surface area contributed by atoms with E-state index in [1.807, 2.05) is 37.0 Å². The normalized spacial score (nSPS) is 11.5. The molecule has 134 valence electrons. The summed E-state index contributed by atoms with van der Waals surface area (Å²) in [7, 11) is 1.61. The van der Waals surface area contributed by atoms with Gasteiger partial charge in [0.05, 0.1) is 19.2 Å². The smallest absolute Gasteiger partial charge is 0.241 e. The van der Waals surface area contributed by atoms with Gasteiger partial charge in [0.15, 0.2) is 5.65 Å². The number of rotatable bonds is 4. The Balaban J connectivity index is 1.69. The number of methoxy groups -OCH3 is 1. The van der Waals surface area contributed by atoms with Crippen molar-refractivity contribution in [2.45, 2.75) is 13.5 Å². The first-order chi connectivity index (χ1) is 13.2. The standard InChI is InChI=1S/C18H15N7OS/c1-11-23-17-15(24(11)8-12-6-22-27-9-12)5-13(7-19-17)14-3-4-25-16(14)18(26-2)20-10-21-25/h3-7,9-10H,8H2,1-2H3. The lowest BCUT2D eigenvalue weighted by Gasteiger charge is -2.07. The van der Waals surface area contributed by atoms with E-state index < -0.39 is 0 Å². The maximum atomic E-state index is 5.42. The van der Waals surface area contributed by atoms with Crippen LogP contribution in [0.15, 0.2) is 42.4 Å². The molecule has 8 nitrogen and oxygen atoms in total. The molecule has 0 amide bonds. The van der Waals surface area contributed by atoms with Crippen LogP contribution in [0.3, 0.4) is 0 Å². The fraction of sp³-hybridized carbons (Fsp3) is 0.167. The van der Waals surface area contributed by atoms with Gasteiger partial charge in [0.2, 0.25) is 5.88 Å². The van der Waals surface area contributed by atoms with Gasteiger partial charge in [0.25, 0.3) is 0 Å². The molecule has 5 aromatic rings. The second-order valence-electron chi connectivity index (χ2n) is 6.14. The Morgan fingerprint density at radius 3 is 2.96 bits per heavy atom. The van der Waals surface area contributed by atoms with Crippen LogP contribution in [0.5, 0.6) is 5.88 Å². The third-order valence-corrected chi connectivity index (χ3v) is 5.18. The van der Waals surface area contributed by atoms with Crippen LogP contribution < -0.4 is 4.74 Å². The highest BCUT2D eigenvalue weighted by atomic mass is 32.1. The van der Waals surface area contributed by atoms with Crippen molar-refractivity contribution in [1.29, 1.82) is 0 Å². The van der Waals surface area contributed by atoms with Gasteiger partial charge in [-0.15, -0.1) is 0 Å². The largest absolute Gasteiger partial charge is 0.479 e. The summed E-state index contributed by atoms with van der Waals surface area (Å²) in [4.78, 5) is 13.4. The van der Waals surface area contributed by atoms with E-state index in [1.54, 1.807) is 11.6 Å². The van der Waals surface area contributed by atoms with Crippen molar-refractivity contribution in [3.63, 3.8) is 0 Å². The van der Waals surface area contributed by atoms with Crippen molar-refractivity contribution in [2.75, 3.05) is 7.11 Å². The molecule has 27 heavy (non-hydrogen) atoms. The lowest BCUT2D eigenvalue weighted by Crippen LogP contribution is -2.01. The van der Waals surface area contributed by atoms with Gasteiger partial charge in [0, 0.05) is 40.7 Å². The Kier molecular flexibility index (Phi) is 3.61. The van der Waals surface area contributed by atoms with E-state index in [2.05, 4.69) is 35.1 Å². The van der Waals surface area contributed by atoms with Crippen molar-refractivity contribution in [3.8, 4) is 17.0 Å². The SMILES string of the molecule is COc1ncnn2ccc(-c3cnc4nc(C)n(Cc5cnsc5)c4c3)c12. The van der Waals surface area contributed by atoms with Crippen LogP contribution in [-0.4, -0.2) is 40.6 Å². The molecule has 0 aliphatic rings. The van der Waals surface area contributed by atoms with Crippen LogP contribution in [0.1, 0.15) is 11.4 Å². The van der Waals surface area contributed by atoms with Crippen LogP contribution in [0, 0.1) is 6.92 Å². The van der Waals surface area contributed by atoms with E-state index >= 15 is 0 Å². The van der Waals surface area contributed by atoms with Crippen molar-refractivity contribution >= 4 is 28.2 Å². The highest BCUT2D eigenvalue weighted by Gasteiger charge is 2.15. The first-order valence-electron chi connectivity index (χ1n) is 8.32. The molecule has 0 atom stereocenters. The molecule has 0 bridgehead atoms. The van der Waals surface area contributed by atoms with E-state index in [4.69, 9.17) is 4.74 Å². The summed E-state index contributed by atoms with van der Waals surface area (Å²) in [5.41, 5.74) is 5.59. The van der Waals surface area contributed by atoms with Gasteiger partial charge in [-0.1, -0.05) is 0 Å². The molecule has 0 aliphatic carbocycles. The lowest BCUT2D eigenvalue weighted by atomic mass is 10.1. The minimum Gasteiger partial charge on any atom is -0.479 e. The van der Waals surface area contributed by atoms with E-state index in [0.717, 1.165) is 39.2 Å². The molecule has 0 spiro atoms. The molecule has 0 radical (unpaired) electrons. The van der Waals surface area contributed by atoms with Crippen molar-refractivity contribution < 1.29 is 4.74 Å². The number of hydrogen-bond donors (Lipinski definition) is 0. The summed E-state index contributed by atoms with van der Waals surface area (Å²) in [5.74, 6) is 1.45. The second-order valence-corrected chi connectivity index (χ2v) is 6.79. The van der Waals surface area contributed by atoms with E-state index in [1.165, 1.54) is 17.9 Å². The van der Waals surface area contributed by atoms with Crippen LogP contribution in [-0.2, 0) is 6.54 Å². The quantitative estimate of drug-likeness (QED) is 0.479. The summed E-state index contributed by atoms with van der Waals surface area (Å²) in [6.07, 6.45) is 7.08. The number of aryl methyl sites for hydroxylation is 1. The number of aromatic nitrogens is 7. The van der Waals surface area contributed by atoms with Crippen molar-refractivity contribution in [2.24, 2.45) is 0 Å². The van der Waals surface area contributed by atoms with Crippen LogP contribution in [0.25, 0.3) is 27.8 Å². The van der Waals surface area contributed by atoms with E-state index in [-0.39, 0.29) is 0 Å². The zero-order valence-corrected chi connectivity index (χ0v) is 15.5. The molecule has 9 heteroatoms. The summed E-state index contributed by atoms with van der Waals surface area (Å²) in [6.45, 7) is 2.71. The van der Waals surface area contributed by atoms with Gasteiger partial charge >= 0.3 is 0 Å². The second kappa shape index (κ2) is 6.13. The van der Waals surface area contributed by atoms with Crippen LogP contribution in [0.4, 0.5) is 0 Å². The molecule has 0 aromatic carbocycles. The molecule has 0 N–H and O–H groups in total. The zero-order valence-electron chi connectivity index (χ0n) is 14.7. The lowest BCUT2D eigenvalue weighted by molar-refractivity contribution is 0.399. The molecule has 0 saturated heterocycles. The number of pyridine rings is 1. The third kappa shape index (κ3) is 2.55. The number of ether oxygens (including phenoxy) is 1. The Morgan fingerprint density at radius 2 is 2.15 bits per heavy atom. The molecular weight excluding hydrogens is 362 g/mol. The number of hydrogen-bond acceptors (Lipinski definition) is 7. The summed E-state index contributed by atoms with van der Waals surface area (Å²) >= 11 is 1.45. The highest BCUT2D eigenvalue weighted by Crippen LogP contribution is 2.31. The molecule has 0 aliphatic heterocycles. The first kappa shape index (κ1) is 15.9. The van der Waals surface area contributed by atoms with Gasteiger partial charge in [-0.05, 0) is 30.6 Å². The third-order valence-electron chi connectivity index (χ3n) is 4.55. The Hall–Kier alpha value is -3.33. The molecule has 0 unspecified atom stereocenters. The molecule has 5 aromatic heterocycles. The van der Waals surface area contributed by atoms with Gasteiger partial charge in [0.1, 0.15) is 17.7 Å². The number of fused-ring (bicyclic) bond motifs is 2. The van der Waals surface area contributed by atoms with Gasteiger partial charge < -0.3 is 9.30 Å². The molecule has 0 saturated carbocycles. The van der Waals surface area contributed by atoms with Gasteiger partial charge in [-0.3, -0.25) is 0 Å². The molecule has 5 heterocycles. The molecule has 0 fully saturated rings. The fourth-order valence-electron chi connectivity index (χ4n) is 3.26. The Labute approximate surface area is 158 Å². The summed E-state index contributed by atoms with van der Waals surface area (Å²) < 4.78 is 13.5. The predicted octanol–water partition coefficient (Wildman–Crippen LogP) is 2.96. The van der Waals surface area contributed by atoms with Crippen LogP contribution >= 0.6 is 11.5 Å². The van der Waals surface area contributed by atoms with Crippen LogP contribution in [0.2, 0.25) is 0 Å². The van der Waals surface area contributed by atoms with E-state index in [0.29, 0.717) is 12.4 Å². The summed E-state index contributed by atoms with van der Waals surface area (Å²) in [6, 6.07) is 4.09. The minimum atomic E-state index is 0.527. The predicted molar refractivity (Wildman–Crippen MR) is 102 cm³/mol. The minimum absolute atomic E-state index is 0.527. The van der Waals surface area contributed by atoms with E-state index in [9.17, 15) is 0 Å². The number of imidazole rings is 1. The monoisotopic (exact) mass is 377 g/mol. The summed E-state index contributed by atoms with van der Waals surface area (Å²) in [5, 5.41) is 6.30. The van der Waals surface area contributed by atoms with Gasteiger partial charge in [-0.25, -0.2) is 18.9 Å². The Bertz CT molecular complexity index is 1260. The Morgan fingerprint density at radius 1 is 1.22 bits per heavy atom. The molecular formula is C18H15N7OS. The fourth-order valence-corrected chi connectivity index (χ4v) is 3.79. The average molecular weight is 377 g/mol.